The summed E-state index contributed by atoms with van der Waals surface area (Å²) in [5.74, 6) is 0. The summed E-state index contributed by atoms with van der Waals surface area (Å²) >= 11 is 1.05. The fraction of sp³-hybridized carbons (Fsp3) is 0.357. The molecule has 0 bridgehead atoms. The fourth-order valence-electron chi connectivity index (χ4n) is 2.34. The van der Waals surface area contributed by atoms with Gasteiger partial charge >= 0.3 is 4.87 Å². The second-order valence-electron chi connectivity index (χ2n) is 5.08. The zero-order valence-electron chi connectivity index (χ0n) is 11.7. The zero-order valence-corrected chi connectivity index (χ0v) is 13.4. The minimum atomic E-state index is -3.59. The van der Waals surface area contributed by atoms with Crippen LogP contribution in [0.4, 0.5) is 0 Å². The molecular formula is C14H16N2O4S2. The maximum absolute atomic E-state index is 12.3. The lowest BCUT2D eigenvalue weighted by molar-refractivity contribution is 0.114. The average molecular weight is 340 g/mol. The quantitative estimate of drug-likeness (QED) is 0.864. The van der Waals surface area contributed by atoms with Gasteiger partial charge in [-0.05, 0) is 25.0 Å². The number of rotatable bonds is 5. The predicted molar refractivity (Wildman–Crippen MR) is 84.5 cm³/mol. The maximum Gasteiger partial charge on any atom is 0.304 e. The monoisotopic (exact) mass is 340 g/mol. The van der Waals surface area contributed by atoms with Crippen molar-refractivity contribution < 1.29 is 13.2 Å². The van der Waals surface area contributed by atoms with Crippen molar-refractivity contribution in [2.24, 2.45) is 0 Å². The molecule has 0 amide bonds. The van der Waals surface area contributed by atoms with Gasteiger partial charge in [0.2, 0.25) is 10.0 Å². The molecule has 22 heavy (non-hydrogen) atoms. The first-order valence-electron chi connectivity index (χ1n) is 6.94. The second kappa shape index (κ2) is 6.33. The van der Waals surface area contributed by atoms with Crippen molar-refractivity contribution in [1.82, 2.24) is 9.71 Å². The van der Waals surface area contributed by atoms with Crippen LogP contribution in [0.1, 0.15) is 12.8 Å². The molecule has 6 nitrogen and oxygen atoms in total. The van der Waals surface area contributed by atoms with Crippen molar-refractivity contribution in [2.45, 2.75) is 23.8 Å². The van der Waals surface area contributed by atoms with Gasteiger partial charge in [0.25, 0.3) is 0 Å². The van der Waals surface area contributed by atoms with Gasteiger partial charge < -0.3 is 9.72 Å². The maximum atomic E-state index is 12.3. The molecule has 1 aliphatic rings. The average Bonchev–Trinajstić information content (AvgIpc) is 3.17. The third-order valence-electron chi connectivity index (χ3n) is 3.50. The first-order chi connectivity index (χ1) is 10.5. The lowest BCUT2D eigenvalue weighted by Gasteiger charge is -2.12. The van der Waals surface area contributed by atoms with Crippen LogP contribution in [0.15, 0.2) is 39.3 Å². The molecule has 1 atom stereocenters. The Morgan fingerprint density at radius 1 is 1.41 bits per heavy atom. The Kier molecular flexibility index (Phi) is 4.44. The van der Waals surface area contributed by atoms with Crippen molar-refractivity contribution in [2.75, 3.05) is 13.2 Å². The normalized spacial score (nSPS) is 18.6. The van der Waals surface area contributed by atoms with Gasteiger partial charge in [0.1, 0.15) is 0 Å². The molecule has 0 saturated carbocycles. The fourth-order valence-corrected chi connectivity index (χ4v) is 4.04. The predicted octanol–water partition coefficient (Wildman–Crippen LogP) is 1.56. The number of ether oxygens (including phenoxy) is 1. The van der Waals surface area contributed by atoms with E-state index in [9.17, 15) is 13.2 Å². The number of sulfonamides is 1. The van der Waals surface area contributed by atoms with E-state index in [0.29, 0.717) is 17.9 Å². The molecule has 1 aromatic heterocycles. The summed E-state index contributed by atoms with van der Waals surface area (Å²) in [5, 5.41) is 1.67. The summed E-state index contributed by atoms with van der Waals surface area (Å²) in [6.07, 6.45) is 1.79. The third kappa shape index (κ3) is 3.46. The summed E-state index contributed by atoms with van der Waals surface area (Å²) in [4.78, 5) is 13.9. The first kappa shape index (κ1) is 15.4. The Morgan fingerprint density at radius 3 is 2.95 bits per heavy atom. The van der Waals surface area contributed by atoms with E-state index in [4.69, 9.17) is 4.74 Å². The number of hydrogen-bond donors (Lipinski definition) is 2. The van der Waals surface area contributed by atoms with E-state index in [1.807, 2.05) is 0 Å². The van der Waals surface area contributed by atoms with Gasteiger partial charge in [0, 0.05) is 24.1 Å². The lowest BCUT2D eigenvalue weighted by Crippen LogP contribution is -2.31. The van der Waals surface area contributed by atoms with Crippen LogP contribution in [0.5, 0.6) is 0 Å². The van der Waals surface area contributed by atoms with Crippen LogP contribution in [-0.4, -0.2) is 32.7 Å². The number of hydrogen-bond acceptors (Lipinski definition) is 5. The van der Waals surface area contributed by atoms with Crippen LogP contribution in [0.25, 0.3) is 11.3 Å². The Morgan fingerprint density at radius 2 is 2.27 bits per heavy atom. The zero-order chi connectivity index (χ0) is 15.6. The summed E-state index contributed by atoms with van der Waals surface area (Å²) in [5.41, 5.74) is 1.28. The van der Waals surface area contributed by atoms with Crippen LogP contribution >= 0.6 is 11.3 Å². The van der Waals surface area contributed by atoms with Gasteiger partial charge in [-0.25, -0.2) is 13.1 Å². The Bertz CT molecular complexity index is 804. The summed E-state index contributed by atoms with van der Waals surface area (Å²) < 4.78 is 32.7. The number of benzene rings is 1. The van der Waals surface area contributed by atoms with E-state index in [2.05, 4.69) is 9.71 Å². The molecule has 1 aliphatic heterocycles. The molecule has 1 saturated heterocycles. The molecule has 1 unspecified atom stereocenters. The van der Waals surface area contributed by atoms with Crippen molar-refractivity contribution in [3.8, 4) is 11.3 Å². The van der Waals surface area contributed by atoms with Crippen molar-refractivity contribution >= 4 is 21.4 Å². The minimum absolute atomic E-state index is 0.0498. The highest BCUT2D eigenvalue weighted by molar-refractivity contribution is 7.89. The SMILES string of the molecule is O=c1[nH]c(-c2cccc(S(=O)(=O)NCC3CCCO3)c2)cs1. The van der Waals surface area contributed by atoms with Gasteiger partial charge in [-0.15, -0.1) is 0 Å². The Labute approximate surface area is 132 Å². The summed E-state index contributed by atoms with van der Waals surface area (Å²) in [6, 6.07) is 6.50. The molecule has 3 rings (SSSR count). The molecule has 2 N–H and O–H groups in total. The number of aromatic amines is 1. The van der Waals surface area contributed by atoms with E-state index < -0.39 is 10.0 Å². The largest absolute Gasteiger partial charge is 0.377 e. The highest BCUT2D eigenvalue weighted by Crippen LogP contribution is 2.21. The molecule has 0 radical (unpaired) electrons. The summed E-state index contributed by atoms with van der Waals surface area (Å²) in [6.45, 7) is 0.968. The highest BCUT2D eigenvalue weighted by atomic mass is 32.2. The van der Waals surface area contributed by atoms with Crippen LogP contribution in [0.2, 0.25) is 0 Å². The standard InChI is InChI=1S/C14H16N2O4S2/c17-14-16-13(9-21-14)10-3-1-5-12(7-10)22(18,19)15-8-11-4-2-6-20-11/h1,3,5,7,9,11,15H,2,4,6,8H2,(H,16,17). The van der Waals surface area contributed by atoms with Crippen molar-refractivity contribution in [1.29, 1.82) is 0 Å². The van der Waals surface area contributed by atoms with Gasteiger partial charge in [-0.3, -0.25) is 4.79 Å². The van der Waals surface area contributed by atoms with Gasteiger partial charge in [0.05, 0.1) is 16.7 Å². The molecular weight excluding hydrogens is 324 g/mol. The van der Waals surface area contributed by atoms with Gasteiger partial charge in [-0.2, -0.15) is 0 Å². The van der Waals surface area contributed by atoms with Gasteiger partial charge in [0.15, 0.2) is 0 Å². The topological polar surface area (TPSA) is 88.3 Å². The molecule has 1 aromatic carbocycles. The number of H-pyrrole nitrogens is 1. The Hall–Kier alpha value is -1.48. The van der Waals surface area contributed by atoms with Crippen LogP contribution in [-0.2, 0) is 14.8 Å². The molecule has 8 heteroatoms. The van der Waals surface area contributed by atoms with E-state index in [-0.39, 0.29) is 22.4 Å². The molecule has 118 valence electrons. The van der Waals surface area contributed by atoms with Crippen molar-refractivity contribution in [3.05, 3.63) is 39.3 Å². The molecule has 2 heterocycles. The summed E-state index contributed by atoms with van der Waals surface area (Å²) in [7, 11) is -3.59. The molecule has 0 spiro atoms. The molecule has 0 aliphatic carbocycles. The first-order valence-corrected chi connectivity index (χ1v) is 9.30. The second-order valence-corrected chi connectivity index (χ2v) is 7.69. The van der Waals surface area contributed by atoms with Gasteiger partial charge in [-0.1, -0.05) is 23.5 Å². The highest BCUT2D eigenvalue weighted by Gasteiger charge is 2.20. The molecule has 2 aromatic rings. The van der Waals surface area contributed by atoms with E-state index in [1.54, 1.807) is 23.6 Å². The van der Waals surface area contributed by atoms with Crippen LogP contribution in [0.3, 0.4) is 0 Å². The molecule has 1 fully saturated rings. The van der Waals surface area contributed by atoms with E-state index in [0.717, 1.165) is 24.2 Å². The van der Waals surface area contributed by atoms with Crippen LogP contribution < -0.4 is 9.60 Å². The third-order valence-corrected chi connectivity index (χ3v) is 5.59. The number of nitrogens with one attached hydrogen (secondary N) is 2. The minimum Gasteiger partial charge on any atom is -0.377 e. The van der Waals surface area contributed by atoms with E-state index in [1.165, 1.54) is 6.07 Å². The smallest absolute Gasteiger partial charge is 0.304 e. The number of aromatic nitrogens is 1. The number of thiazole rings is 1. The lowest BCUT2D eigenvalue weighted by atomic mass is 10.2. The van der Waals surface area contributed by atoms with Crippen LogP contribution in [0, 0.1) is 0 Å². The Balaban J connectivity index is 1.79. The van der Waals surface area contributed by atoms with Crippen molar-refractivity contribution in [3.63, 3.8) is 0 Å². The van der Waals surface area contributed by atoms with E-state index >= 15 is 0 Å².